The highest BCUT2D eigenvalue weighted by Gasteiger charge is 2.10. The van der Waals surface area contributed by atoms with Crippen molar-refractivity contribution in [1.82, 2.24) is 5.32 Å². The number of nitrogens with two attached hydrogens (primary N) is 1. The van der Waals surface area contributed by atoms with Gasteiger partial charge in [-0.05, 0) is 37.3 Å². The summed E-state index contributed by atoms with van der Waals surface area (Å²) in [5.41, 5.74) is 6.34. The zero-order valence-corrected chi connectivity index (χ0v) is 10.8. The van der Waals surface area contributed by atoms with E-state index in [1.807, 2.05) is 19.1 Å². The number of carbonyl (C=O) groups excluding carboxylic acids is 1. The molecule has 0 fully saturated rings. The highest BCUT2D eigenvalue weighted by molar-refractivity contribution is 7.11. The molecule has 0 aliphatic carbocycles. The van der Waals surface area contributed by atoms with Crippen molar-refractivity contribution in [2.75, 3.05) is 5.73 Å². The fourth-order valence-corrected chi connectivity index (χ4v) is 2.41. The van der Waals surface area contributed by atoms with Gasteiger partial charge in [0.05, 0.1) is 12.1 Å². The molecule has 2 aromatic rings. The second-order valence-electron chi connectivity index (χ2n) is 3.97. The quantitative estimate of drug-likeness (QED) is 0.586. The van der Waals surface area contributed by atoms with Gasteiger partial charge in [0.1, 0.15) is 5.75 Å². The zero-order valence-electron chi connectivity index (χ0n) is 9.93. The van der Waals surface area contributed by atoms with E-state index in [2.05, 4.69) is 5.32 Å². The Kier molecular flexibility index (Phi) is 3.53. The van der Waals surface area contributed by atoms with Crippen molar-refractivity contribution < 1.29 is 9.90 Å². The molecule has 4 N–H and O–H groups in total. The van der Waals surface area contributed by atoms with Gasteiger partial charge >= 0.3 is 0 Å². The Hall–Kier alpha value is -2.01. The molecule has 18 heavy (non-hydrogen) atoms. The molecule has 0 radical (unpaired) electrons. The van der Waals surface area contributed by atoms with Gasteiger partial charge in [-0.1, -0.05) is 0 Å². The molecule has 94 valence electrons. The number of nitrogen functional groups attached to an aromatic ring is 1. The van der Waals surface area contributed by atoms with Crippen molar-refractivity contribution >= 4 is 22.9 Å². The first-order valence-corrected chi connectivity index (χ1v) is 6.30. The molecule has 1 amide bonds. The van der Waals surface area contributed by atoms with Crippen LogP contribution in [0.15, 0.2) is 30.3 Å². The van der Waals surface area contributed by atoms with E-state index in [1.165, 1.54) is 23.1 Å². The first kappa shape index (κ1) is 12.4. The summed E-state index contributed by atoms with van der Waals surface area (Å²) in [7, 11) is 0. The average Bonchev–Trinajstić information content (AvgIpc) is 2.75. The molecule has 0 saturated heterocycles. The summed E-state index contributed by atoms with van der Waals surface area (Å²) in [5.74, 6) is -0.254. The second kappa shape index (κ2) is 5.10. The molecule has 0 saturated carbocycles. The molecule has 0 aliphatic heterocycles. The van der Waals surface area contributed by atoms with E-state index < -0.39 is 0 Å². The van der Waals surface area contributed by atoms with Crippen molar-refractivity contribution in [2.45, 2.75) is 13.5 Å². The number of thiophene rings is 1. The minimum atomic E-state index is -0.283. The van der Waals surface area contributed by atoms with Gasteiger partial charge in [0, 0.05) is 15.4 Å². The maximum Gasteiger partial charge on any atom is 0.253 e. The number of benzene rings is 1. The number of amides is 1. The number of anilines is 1. The van der Waals surface area contributed by atoms with Crippen LogP contribution in [0.2, 0.25) is 0 Å². The highest BCUT2D eigenvalue weighted by Crippen LogP contribution is 2.19. The number of phenols is 1. The zero-order chi connectivity index (χ0) is 13.1. The Morgan fingerprint density at radius 2 is 2.17 bits per heavy atom. The smallest absolute Gasteiger partial charge is 0.253 e. The van der Waals surface area contributed by atoms with E-state index in [0.717, 1.165) is 4.88 Å². The molecular formula is C13H14N2O2S. The van der Waals surface area contributed by atoms with Crippen LogP contribution in [0.5, 0.6) is 5.75 Å². The molecule has 0 bridgehead atoms. The Balaban J connectivity index is 2.05. The van der Waals surface area contributed by atoms with Crippen LogP contribution in [-0.2, 0) is 6.54 Å². The summed E-state index contributed by atoms with van der Waals surface area (Å²) in [5, 5.41) is 12.1. The third-order valence-corrected chi connectivity index (χ3v) is 3.50. The summed E-state index contributed by atoms with van der Waals surface area (Å²) in [6.07, 6.45) is 0. The Morgan fingerprint density at radius 3 is 2.83 bits per heavy atom. The van der Waals surface area contributed by atoms with Gasteiger partial charge in [0.15, 0.2) is 0 Å². The third-order valence-electron chi connectivity index (χ3n) is 2.50. The first-order valence-electron chi connectivity index (χ1n) is 5.48. The lowest BCUT2D eigenvalue weighted by Gasteiger charge is -2.07. The fraction of sp³-hybridized carbons (Fsp3) is 0.154. The Labute approximate surface area is 109 Å². The number of hydrogen-bond donors (Lipinski definition) is 3. The molecular weight excluding hydrogens is 248 g/mol. The van der Waals surface area contributed by atoms with Crippen LogP contribution in [0, 0.1) is 6.92 Å². The van der Waals surface area contributed by atoms with Crippen molar-refractivity contribution in [2.24, 2.45) is 0 Å². The summed E-state index contributed by atoms with van der Waals surface area (Å²) in [6.45, 7) is 2.48. The Bertz CT molecular complexity index is 578. The lowest BCUT2D eigenvalue weighted by Crippen LogP contribution is -2.23. The van der Waals surface area contributed by atoms with E-state index in [9.17, 15) is 9.90 Å². The van der Waals surface area contributed by atoms with Gasteiger partial charge in [-0.2, -0.15) is 0 Å². The van der Waals surface area contributed by atoms with Gasteiger partial charge in [0.25, 0.3) is 5.91 Å². The SMILES string of the molecule is Cc1ccc(CNC(=O)c2cc(O)ccc2N)s1. The molecule has 0 atom stereocenters. The predicted molar refractivity (Wildman–Crippen MR) is 72.7 cm³/mol. The van der Waals surface area contributed by atoms with Crippen LogP contribution in [0.25, 0.3) is 0 Å². The number of aromatic hydroxyl groups is 1. The maximum absolute atomic E-state index is 11.9. The van der Waals surface area contributed by atoms with E-state index in [1.54, 1.807) is 11.3 Å². The number of hydrogen-bond acceptors (Lipinski definition) is 4. The van der Waals surface area contributed by atoms with Crippen molar-refractivity contribution in [1.29, 1.82) is 0 Å². The van der Waals surface area contributed by atoms with Gasteiger partial charge in [-0.3, -0.25) is 4.79 Å². The van der Waals surface area contributed by atoms with Gasteiger partial charge in [0.2, 0.25) is 0 Å². The van der Waals surface area contributed by atoms with Crippen LogP contribution in [-0.4, -0.2) is 11.0 Å². The van der Waals surface area contributed by atoms with Crippen molar-refractivity contribution in [3.05, 3.63) is 45.6 Å². The second-order valence-corrected chi connectivity index (χ2v) is 5.34. The summed E-state index contributed by atoms with van der Waals surface area (Å²) in [6, 6.07) is 8.32. The lowest BCUT2D eigenvalue weighted by atomic mass is 10.1. The van der Waals surface area contributed by atoms with Gasteiger partial charge in [-0.25, -0.2) is 0 Å². The van der Waals surface area contributed by atoms with Crippen molar-refractivity contribution in [3.63, 3.8) is 0 Å². The van der Waals surface area contributed by atoms with Crippen LogP contribution >= 0.6 is 11.3 Å². The van der Waals surface area contributed by atoms with Crippen molar-refractivity contribution in [3.8, 4) is 5.75 Å². The Morgan fingerprint density at radius 1 is 1.39 bits per heavy atom. The average molecular weight is 262 g/mol. The normalized spacial score (nSPS) is 10.3. The minimum absolute atomic E-state index is 0.0290. The summed E-state index contributed by atoms with van der Waals surface area (Å²) >= 11 is 1.64. The monoisotopic (exact) mass is 262 g/mol. The molecule has 0 spiro atoms. The molecule has 1 aromatic carbocycles. The summed E-state index contributed by atoms with van der Waals surface area (Å²) < 4.78 is 0. The molecule has 2 rings (SSSR count). The third kappa shape index (κ3) is 2.81. The molecule has 1 aromatic heterocycles. The minimum Gasteiger partial charge on any atom is -0.508 e. The topological polar surface area (TPSA) is 75.3 Å². The van der Waals surface area contributed by atoms with E-state index >= 15 is 0 Å². The number of aryl methyl sites for hydroxylation is 1. The van der Waals surface area contributed by atoms with E-state index in [4.69, 9.17) is 5.73 Å². The number of rotatable bonds is 3. The predicted octanol–water partition coefficient (Wildman–Crippen LogP) is 2.27. The largest absolute Gasteiger partial charge is 0.508 e. The number of carbonyl (C=O) groups is 1. The van der Waals surface area contributed by atoms with Gasteiger partial charge in [-0.15, -0.1) is 11.3 Å². The molecule has 1 heterocycles. The van der Waals surface area contributed by atoms with E-state index in [0.29, 0.717) is 17.8 Å². The molecule has 0 aliphatic rings. The van der Waals surface area contributed by atoms with Gasteiger partial charge < -0.3 is 16.2 Å². The standard InChI is InChI=1S/C13H14N2O2S/c1-8-2-4-10(18-8)7-15-13(17)11-6-9(16)3-5-12(11)14/h2-6,16H,7,14H2,1H3,(H,15,17). The molecule has 0 unspecified atom stereocenters. The van der Waals surface area contributed by atoms with E-state index in [-0.39, 0.29) is 11.7 Å². The highest BCUT2D eigenvalue weighted by atomic mass is 32.1. The molecule has 4 nitrogen and oxygen atoms in total. The van der Waals surface area contributed by atoms with Crippen LogP contribution in [0.1, 0.15) is 20.1 Å². The first-order chi connectivity index (χ1) is 8.56. The number of nitrogens with one attached hydrogen (secondary N) is 1. The maximum atomic E-state index is 11.9. The molecule has 5 heteroatoms. The fourth-order valence-electron chi connectivity index (χ4n) is 1.58. The lowest BCUT2D eigenvalue weighted by molar-refractivity contribution is 0.0952. The van der Waals surface area contributed by atoms with Crippen LogP contribution < -0.4 is 11.1 Å². The van der Waals surface area contributed by atoms with Crippen LogP contribution in [0.4, 0.5) is 5.69 Å². The summed E-state index contributed by atoms with van der Waals surface area (Å²) in [4.78, 5) is 14.2. The van der Waals surface area contributed by atoms with Crippen LogP contribution in [0.3, 0.4) is 0 Å². The number of phenolic OH excluding ortho intramolecular Hbond substituents is 1.